The highest BCUT2D eigenvalue weighted by atomic mass is 16.1. The maximum atomic E-state index is 11.1. The lowest BCUT2D eigenvalue weighted by Gasteiger charge is -2.00. The number of para-hydroxylation sites is 1. The summed E-state index contributed by atoms with van der Waals surface area (Å²) in [5.74, 6) is 0.0926. The molecule has 0 aliphatic heterocycles. The second kappa shape index (κ2) is 3.37. The van der Waals surface area contributed by atoms with E-state index >= 15 is 0 Å². The second-order valence-corrected chi connectivity index (χ2v) is 2.81. The summed E-state index contributed by atoms with van der Waals surface area (Å²) in [5.41, 5.74) is 0.780. The van der Waals surface area contributed by atoms with Gasteiger partial charge in [-0.1, -0.05) is 18.2 Å². The quantitative estimate of drug-likeness (QED) is 0.656. The Bertz CT molecular complexity index is 449. The minimum atomic E-state index is -0.154. The maximum absolute atomic E-state index is 11.1. The van der Waals surface area contributed by atoms with E-state index in [0.29, 0.717) is 0 Å². The number of hydrogen-bond acceptors (Lipinski definition) is 4. The Morgan fingerprint density at radius 2 is 2.00 bits per heavy atom. The van der Waals surface area contributed by atoms with Crippen LogP contribution < -0.4 is 0 Å². The first-order chi connectivity index (χ1) is 6.79. The second-order valence-electron chi connectivity index (χ2n) is 2.81. The predicted octanol–water partition coefficient (Wildman–Crippen LogP) is 0.865. The van der Waals surface area contributed by atoms with Crippen LogP contribution in [0.1, 0.15) is 17.5 Å². The number of benzene rings is 1. The molecule has 5 heteroatoms. The Hall–Kier alpha value is -2.04. The monoisotopic (exact) mass is 188 g/mol. The van der Waals surface area contributed by atoms with Gasteiger partial charge in [-0.15, -0.1) is 5.10 Å². The van der Waals surface area contributed by atoms with Crippen molar-refractivity contribution in [3.05, 3.63) is 36.2 Å². The largest absolute Gasteiger partial charge is 0.291 e. The number of aromatic nitrogens is 4. The van der Waals surface area contributed by atoms with Gasteiger partial charge in [0.25, 0.3) is 0 Å². The molecule has 0 saturated carbocycles. The first-order valence-corrected chi connectivity index (χ1v) is 4.14. The SMILES string of the molecule is CC(=O)c1nnnn1-c1ccccc1. The average Bonchev–Trinajstić information content (AvgIpc) is 2.67. The summed E-state index contributed by atoms with van der Waals surface area (Å²) in [4.78, 5) is 11.1. The van der Waals surface area contributed by atoms with Crippen LogP contribution in [-0.4, -0.2) is 26.0 Å². The molecule has 1 heterocycles. The lowest BCUT2D eigenvalue weighted by atomic mass is 10.3. The third-order valence-corrected chi connectivity index (χ3v) is 1.79. The molecule has 1 aromatic carbocycles. The van der Waals surface area contributed by atoms with Gasteiger partial charge >= 0.3 is 0 Å². The summed E-state index contributed by atoms with van der Waals surface area (Å²) in [6.07, 6.45) is 0. The van der Waals surface area contributed by atoms with Crippen molar-refractivity contribution in [2.75, 3.05) is 0 Å². The lowest BCUT2D eigenvalue weighted by molar-refractivity contribution is 0.100. The first-order valence-electron chi connectivity index (χ1n) is 4.14. The number of ketones is 1. The zero-order chi connectivity index (χ0) is 9.97. The Morgan fingerprint density at radius 3 is 2.64 bits per heavy atom. The van der Waals surface area contributed by atoms with Crippen LogP contribution >= 0.6 is 0 Å². The molecule has 2 rings (SSSR count). The summed E-state index contributed by atoms with van der Waals surface area (Å²) >= 11 is 0. The number of carbonyl (C=O) groups excluding carboxylic acids is 1. The fourth-order valence-corrected chi connectivity index (χ4v) is 1.15. The van der Waals surface area contributed by atoms with Gasteiger partial charge in [0.05, 0.1) is 5.69 Å². The van der Waals surface area contributed by atoms with Gasteiger partial charge in [0, 0.05) is 6.92 Å². The van der Waals surface area contributed by atoms with E-state index < -0.39 is 0 Å². The Balaban J connectivity index is 2.52. The van der Waals surface area contributed by atoms with Gasteiger partial charge in [-0.3, -0.25) is 4.79 Å². The Kier molecular flexibility index (Phi) is 2.06. The molecule has 14 heavy (non-hydrogen) atoms. The standard InChI is InChI=1S/C9H8N4O/c1-7(14)9-10-11-12-13(9)8-5-3-2-4-6-8/h2-6H,1H3. The van der Waals surface area contributed by atoms with Crippen LogP contribution in [0.2, 0.25) is 0 Å². The van der Waals surface area contributed by atoms with E-state index in [-0.39, 0.29) is 11.6 Å². The van der Waals surface area contributed by atoms with E-state index in [1.54, 1.807) is 0 Å². The van der Waals surface area contributed by atoms with Gasteiger partial charge in [0.1, 0.15) is 0 Å². The van der Waals surface area contributed by atoms with Crippen LogP contribution in [0.3, 0.4) is 0 Å². The van der Waals surface area contributed by atoms with Crippen molar-refractivity contribution in [1.29, 1.82) is 0 Å². The molecule has 0 bridgehead atoms. The van der Waals surface area contributed by atoms with E-state index in [1.165, 1.54) is 11.6 Å². The molecule has 0 unspecified atom stereocenters. The van der Waals surface area contributed by atoms with Crippen LogP contribution in [-0.2, 0) is 0 Å². The molecule has 1 aromatic heterocycles. The molecule has 2 aromatic rings. The minimum absolute atomic E-state index is 0.154. The van der Waals surface area contributed by atoms with E-state index in [4.69, 9.17) is 0 Å². The van der Waals surface area contributed by atoms with Crippen molar-refractivity contribution in [3.8, 4) is 5.69 Å². The van der Waals surface area contributed by atoms with Crippen LogP contribution in [0.15, 0.2) is 30.3 Å². The highest BCUT2D eigenvalue weighted by Crippen LogP contribution is 2.06. The van der Waals surface area contributed by atoms with Gasteiger partial charge in [-0.05, 0) is 22.6 Å². The van der Waals surface area contributed by atoms with Crippen molar-refractivity contribution in [3.63, 3.8) is 0 Å². The van der Waals surface area contributed by atoms with Crippen molar-refractivity contribution >= 4 is 5.78 Å². The van der Waals surface area contributed by atoms with Crippen molar-refractivity contribution in [2.45, 2.75) is 6.92 Å². The normalized spacial score (nSPS) is 10.1. The first kappa shape index (κ1) is 8.55. The summed E-state index contributed by atoms with van der Waals surface area (Å²) in [6.45, 7) is 1.44. The van der Waals surface area contributed by atoms with E-state index in [9.17, 15) is 4.79 Å². The molecule has 0 N–H and O–H groups in total. The van der Waals surface area contributed by atoms with E-state index in [1.807, 2.05) is 30.3 Å². The highest BCUT2D eigenvalue weighted by molar-refractivity contribution is 5.90. The zero-order valence-corrected chi connectivity index (χ0v) is 7.58. The van der Waals surface area contributed by atoms with Crippen LogP contribution in [0.25, 0.3) is 5.69 Å². The van der Waals surface area contributed by atoms with Crippen LogP contribution in [0.4, 0.5) is 0 Å². The minimum Gasteiger partial charge on any atom is -0.291 e. The molecule has 70 valence electrons. The molecule has 0 aliphatic rings. The predicted molar refractivity (Wildman–Crippen MR) is 49.2 cm³/mol. The number of Topliss-reactive ketones (excluding diaryl/α,β-unsaturated/α-hetero) is 1. The number of nitrogens with zero attached hydrogens (tertiary/aromatic N) is 4. The van der Waals surface area contributed by atoms with Gasteiger partial charge in [0.15, 0.2) is 5.78 Å². The van der Waals surface area contributed by atoms with Crippen molar-refractivity contribution in [1.82, 2.24) is 20.2 Å². The summed E-state index contributed by atoms with van der Waals surface area (Å²) in [6, 6.07) is 9.29. The molecule has 0 saturated heterocycles. The summed E-state index contributed by atoms with van der Waals surface area (Å²) < 4.78 is 1.42. The number of carbonyl (C=O) groups is 1. The third kappa shape index (κ3) is 1.39. The summed E-state index contributed by atoms with van der Waals surface area (Å²) in [7, 11) is 0. The zero-order valence-electron chi connectivity index (χ0n) is 7.58. The smallest absolute Gasteiger partial charge is 0.222 e. The van der Waals surface area contributed by atoms with Crippen molar-refractivity contribution < 1.29 is 4.79 Å². The third-order valence-electron chi connectivity index (χ3n) is 1.79. The topological polar surface area (TPSA) is 60.7 Å². The molecule has 5 nitrogen and oxygen atoms in total. The van der Waals surface area contributed by atoms with Gasteiger partial charge < -0.3 is 0 Å². The van der Waals surface area contributed by atoms with Gasteiger partial charge in [0.2, 0.25) is 5.82 Å². The fourth-order valence-electron chi connectivity index (χ4n) is 1.15. The summed E-state index contributed by atoms with van der Waals surface area (Å²) in [5, 5.41) is 10.8. The lowest BCUT2D eigenvalue weighted by Crippen LogP contribution is -2.06. The molecule has 0 amide bonds. The van der Waals surface area contributed by atoms with Gasteiger partial charge in [-0.25, -0.2) is 0 Å². The van der Waals surface area contributed by atoms with Crippen LogP contribution in [0, 0.1) is 0 Å². The highest BCUT2D eigenvalue weighted by Gasteiger charge is 2.11. The molecule has 0 spiro atoms. The molecule has 0 atom stereocenters. The van der Waals surface area contributed by atoms with Crippen molar-refractivity contribution in [2.24, 2.45) is 0 Å². The molecule has 0 fully saturated rings. The molecular weight excluding hydrogens is 180 g/mol. The Labute approximate surface area is 80.4 Å². The molecule has 0 radical (unpaired) electrons. The molecular formula is C9H8N4O. The number of tetrazole rings is 1. The van der Waals surface area contributed by atoms with Crippen LogP contribution in [0.5, 0.6) is 0 Å². The number of rotatable bonds is 2. The Morgan fingerprint density at radius 1 is 1.29 bits per heavy atom. The average molecular weight is 188 g/mol. The van der Waals surface area contributed by atoms with E-state index in [2.05, 4.69) is 15.5 Å². The number of hydrogen-bond donors (Lipinski definition) is 0. The molecule has 0 aliphatic carbocycles. The van der Waals surface area contributed by atoms with Gasteiger partial charge in [-0.2, -0.15) is 4.68 Å². The maximum Gasteiger partial charge on any atom is 0.222 e. The fraction of sp³-hybridized carbons (Fsp3) is 0.111. The van der Waals surface area contributed by atoms with E-state index in [0.717, 1.165) is 5.69 Å².